The van der Waals surface area contributed by atoms with Crippen LogP contribution in [0.4, 0.5) is 10.5 Å². The Bertz CT molecular complexity index is 542. The van der Waals surface area contributed by atoms with Gasteiger partial charge in [-0.25, -0.2) is 9.59 Å². The number of likely N-dealkylation sites (N-methyl/N-ethyl adjacent to an activating group) is 1. The Morgan fingerprint density at radius 1 is 1.29 bits per heavy atom. The SMILES string of the molecule is CCN1CCN(C(=O)Nc2ccc(Cl)c(C(=O)O)c2)CC1. The number of aromatic carboxylic acids is 1. The van der Waals surface area contributed by atoms with Crippen molar-refractivity contribution in [2.75, 3.05) is 38.0 Å². The van der Waals surface area contributed by atoms with Crippen LogP contribution >= 0.6 is 11.6 Å². The molecule has 1 heterocycles. The minimum atomic E-state index is -1.12. The van der Waals surface area contributed by atoms with E-state index >= 15 is 0 Å². The van der Waals surface area contributed by atoms with Crippen molar-refractivity contribution in [1.82, 2.24) is 9.80 Å². The molecule has 1 aromatic rings. The molecule has 2 N–H and O–H groups in total. The number of benzene rings is 1. The molecule has 1 aliphatic rings. The fourth-order valence-electron chi connectivity index (χ4n) is 2.24. The molecule has 1 saturated heterocycles. The normalized spacial score (nSPS) is 15.8. The van der Waals surface area contributed by atoms with Crippen molar-refractivity contribution in [1.29, 1.82) is 0 Å². The van der Waals surface area contributed by atoms with E-state index in [1.807, 2.05) is 0 Å². The van der Waals surface area contributed by atoms with Crippen LogP contribution in [0.5, 0.6) is 0 Å². The second-order valence-electron chi connectivity index (χ2n) is 4.85. The van der Waals surface area contributed by atoms with Crippen LogP contribution in [0.15, 0.2) is 18.2 Å². The van der Waals surface area contributed by atoms with Crippen molar-refractivity contribution < 1.29 is 14.7 Å². The molecule has 0 aromatic heterocycles. The Hall–Kier alpha value is -1.79. The monoisotopic (exact) mass is 311 g/mol. The van der Waals surface area contributed by atoms with Crippen molar-refractivity contribution in [3.05, 3.63) is 28.8 Å². The summed E-state index contributed by atoms with van der Waals surface area (Å²) < 4.78 is 0. The molecule has 0 radical (unpaired) electrons. The molecule has 114 valence electrons. The van der Waals surface area contributed by atoms with E-state index in [9.17, 15) is 9.59 Å². The first-order valence-electron chi connectivity index (χ1n) is 6.82. The van der Waals surface area contributed by atoms with E-state index < -0.39 is 5.97 Å². The van der Waals surface area contributed by atoms with E-state index in [4.69, 9.17) is 16.7 Å². The Balaban J connectivity index is 2.00. The third-order valence-electron chi connectivity index (χ3n) is 3.55. The highest BCUT2D eigenvalue weighted by Crippen LogP contribution is 2.21. The first kappa shape index (κ1) is 15.6. The van der Waals surface area contributed by atoms with Gasteiger partial charge in [-0.15, -0.1) is 0 Å². The topological polar surface area (TPSA) is 72.9 Å². The van der Waals surface area contributed by atoms with E-state index in [2.05, 4.69) is 17.1 Å². The number of carbonyl (C=O) groups is 2. The fraction of sp³-hybridized carbons (Fsp3) is 0.429. The number of urea groups is 1. The predicted octanol–water partition coefficient (Wildman–Crippen LogP) is 2.21. The zero-order valence-corrected chi connectivity index (χ0v) is 12.6. The molecule has 1 fully saturated rings. The average Bonchev–Trinajstić information content (AvgIpc) is 2.49. The molecule has 21 heavy (non-hydrogen) atoms. The van der Waals surface area contributed by atoms with E-state index in [1.54, 1.807) is 11.0 Å². The van der Waals surface area contributed by atoms with Gasteiger partial charge in [0.2, 0.25) is 0 Å². The lowest BCUT2D eigenvalue weighted by Gasteiger charge is -2.34. The smallest absolute Gasteiger partial charge is 0.337 e. The number of carbonyl (C=O) groups excluding carboxylic acids is 1. The molecule has 1 aliphatic heterocycles. The number of anilines is 1. The summed E-state index contributed by atoms with van der Waals surface area (Å²) in [6, 6.07) is 4.21. The summed E-state index contributed by atoms with van der Waals surface area (Å²) in [5.74, 6) is -1.12. The molecule has 7 heteroatoms. The van der Waals surface area contributed by atoms with Gasteiger partial charge in [0.05, 0.1) is 10.6 Å². The zero-order chi connectivity index (χ0) is 15.4. The van der Waals surface area contributed by atoms with Crippen molar-refractivity contribution in [2.45, 2.75) is 6.92 Å². The average molecular weight is 312 g/mol. The zero-order valence-electron chi connectivity index (χ0n) is 11.8. The van der Waals surface area contributed by atoms with Crippen molar-refractivity contribution in [3.63, 3.8) is 0 Å². The Morgan fingerprint density at radius 3 is 2.52 bits per heavy atom. The summed E-state index contributed by atoms with van der Waals surface area (Å²) in [7, 11) is 0. The van der Waals surface area contributed by atoms with Gasteiger partial charge in [0.1, 0.15) is 0 Å². The number of piperazine rings is 1. The summed E-state index contributed by atoms with van der Waals surface area (Å²) in [6.07, 6.45) is 0. The largest absolute Gasteiger partial charge is 0.478 e. The second-order valence-corrected chi connectivity index (χ2v) is 5.26. The van der Waals surface area contributed by atoms with E-state index in [1.165, 1.54) is 12.1 Å². The third kappa shape index (κ3) is 3.86. The highest BCUT2D eigenvalue weighted by Gasteiger charge is 2.20. The molecular formula is C14H18ClN3O3. The molecule has 0 bridgehead atoms. The summed E-state index contributed by atoms with van der Waals surface area (Å²) in [6.45, 7) is 6.11. The molecule has 0 atom stereocenters. The number of rotatable bonds is 3. The number of nitrogens with zero attached hydrogens (tertiary/aromatic N) is 2. The maximum absolute atomic E-state index is 12.1. The number of carboxylic acids is 1. The summed E-state index contributed by atoms with van der Waals surface area (Å²) in [4.78, 5) is 27.2. The molecule has 0 unspecified atom stereocenters. The van der Waals surface area contributed by atoms with Crippen LogP contribution in [-0.4, -0.2) is 59.6 Å². The molecular weight excluding hydrogens is 294 g/mol. The molecule has 0 saturated carbocycles. The van der Waals surface area contributed by atoms with Gasteiger partial charge in [-0.1, -0.05) is 18.5 Å². The van der Waals surface area contributed by atoms with Gasteiger partial charge < -0.3 is 20.2 Å². The molecule has 1 aromatic carbocycles. The van der Waals surface area contributed by atoms with Crippen LogP contribution in [0.3, 0.4) is 0 Å². The highest BCUT2D eigenvalue weighted by atomic mass is 35.5. The first-order valence-corrected chi connectivity index (χ1v) is 7.20. The maximum Gasteiger partial charge on any atom is 0.337 e. The molecule has 6 nitrogen and oxygen atoms in total. The van der Waals surface area contributed by atoms with Crippen LogP contribution in [0.1, 0.15) is 17.3 Å². The fourth-order valence-corrected chi connectivity index (χ4v) is 2.44. The third-order valence-corrected chi connectivity index (χ3v) is 3.88. The highest BCUT2D eigenvalue weighted by molar-refractivity contribution is 6.33. The van der Waals surface area contributed by atoms with Crippen LogP contribution in [0, 0.1) is 0 Å². The van der Waals surface area contributed by atoms with E-state index in [0.717, 1.165) is 19.6 Å². The van der Waals surface area contributed by atoms with Gasteiger partial charge in [-0.05, 0) is 24.7 Å². The maximum atomic E-state index is 12.1. The van der Waals surface area contributed by atoms with Gasteiger partial charge in [-0.2, -0.15) is 0 Å². The number of carboxylic acid groups (broad SMARTS) is 1. The molecule has 0 aliphatic carbocycles. The second kappa shape index (κ2) is 6.78. The Kier molecular flexibility index (Phi) is 5.03. The standard InChI is InChI=1S/C14H18ClN3O3/c1-2-17-5-7-18(8-6-17)14(21)16-10-3-4-12(15)11(9-10)13(19)20/h3-4,9H,2,5-8H2,1H3,(H,16,21)(H,19,20). The van der Waals surface area contributed by atoms with Gasteiger partial charge in [0.15, 0.2) is 0 Å². The molecule has 0 spiro atoms. The number of halogens is 1. The van der Waals surface area contributed by atoms with E-state index in [-0.39, 0.29) is 16.6 Å². The van der Waals surface area contributed by atoms with Crippen LogP contribution in [-0.2, 0) is 0 Å². The minimum absolute atomic E-state index is 0.0229. The van der Waals surface area contributed by atoms with Crippen molar-refractivity contribution in [2.24, 2.45) is 0 Å². The summed E-state index contributed by atoms with van der Waals surface area (Å²) >= 11 is 5.80. The Labute approximate surface area is 128 Å². The lowest BCUT2D eigenvalue weighted by molar-refractivity contribution is 0.0697. The van der Waals surface area contributed by atoms with Crippen molar-refractivity contribution >= 4 is 29.3 Å². The number of amides is 2. The summed E-state index contributed by atoms with van der Waals surface area (Å²) in [5.41, 5.74) is 0.407. The summed E-state index contributed by atoms with van der Waals surface area (Å²) in [5, 5.41) is 11.9. The molecule has 2 rings (SSSR count). The van der Waals surface area contributed by atoms with Crippen LogP contribution in [0.2, 0.25) is 5.02 Å². The predicted molar refractivity (Wildman–Crippen MR) is 81.1 cm³/mol. The van der Waals surface area contributed by atoms with Crippen molar-refractivity contribution in [3.8, 4) is 0 Å². The number of nitrogens with one attached hydrogen (secondary N) is 1. The Morgan fingerprint density at radius 2 is 1.95 bits per heavy atom. The minimum Gasteiger partial charge on any atom is -0.478 e. The van der Waals surface area contributed by atoms with Crippen LogP contribution in [0.25, 0.3) is 0 Å². The van der Waals surface area contributed by atoms with Crippen LogP contribution < -0.4 is 5.32 Å². The lowest BCUT2D eigenvalue weighted by Crippen LogP contribution is -2.49. The lowest BCUT2D eigenvalue weighted by atomic mass is 10.2. The molecule has 2 amide bonds. The van der Waals surface area contributed by atoms with Gasteiger partial charge >= 0.3 is 12.0 Å². The number of hydrogen-bond donors (Lipinski definition) is 2. The van der Waals surface area contributed by atoms with Gasteiger partial charge in [0.25, 0.3) is 0 Å². The van der Waals surface area contributed by atoms with Gasteiger partial charge in [-0.3, -0.25) is 0 Å². The first-order chi connectivity index (χ1) is 10.0. The number of hydrogen-bond acceptors (Lipinski definition) is 3. The van der Waals surface area contributed by atoms with E-state index in [0.29, 0.717) is 18.8 Å². The van der Waals surface area contributed by atoms with Gasteiger partial charge in [0, 0.05) is 31.9 Å². The quantitative estimate of drug-likeness (QED) is 0.897.